The van der Waals surface area contributed by atoms with Gasteiger partial charge < -0.3 is 25.3 Å². The number of hydrogen-bond donors (Lipinski definition) is 2. The second-order valence-electron chi connectivity index (χ2n) is 5.14. The largest absolute Gasteiger partial charge is 0.493 e. The van der Waals surface area contributed by atoms with E-state index < -0.39 is 18.0 Å². The zero-order valence-electron chi connectivity index (χ0n) is 14.4. The van der Waals surface area contributed by atoms with Gasteiger partial charge >= 0.3 is 5.97 Å². The number of methoxy groups -OCH3 is 2. The average molecular weight is 378 g/mol. The highest BCUT2D eigenvalue weighted by atomic mass is 32.1. The normalized spacial score (nSPS) is 11.3. The van der Waals surface area contributed by atoms with Gasteiger partial charge in [0.05, 0.1) is 30.3 Å². The first kappa shape index (κ1) is 19.3. The number of primary amides is 1. The fourth-order valence-electron chi connectivity index (χ4n) is 2.05. The van der Waals surface area contributed by atoms with Gasteiger partial charge in [-0.15, -0.1) is 11.3 Å². The lowest BCUT2D eigenvalue weighted by atomic mass is 10.1. The van der Waals surface area contributed by atoms with E-state index in [0.29, 0.717) is 4.88 Å². The van der Waals surface area contributed by atoms with Crippen LogP contribution in [0.5, 0.6) is 11.5 Å². The summed E-state index contributed by atoms with van der Waals surface area (Å²) in [5.41, 5.74) is 5.39. The molecule has 0 aliphatic rings. The van der Waals surface area contributed by atoms with Crippen LogP contribution in [0.15, 0.2) is 29.6 Å². The van der Waals surface area contributed by atoms with Crippen LogP contribution in [0.4, 0.5) is 5.69 Å². The van der Waals surface area contributed by atoms with Gasteiger partial charge in [0.1, 0.15) is 0 Å². The predicted molar refractivity (Wildman–Crippen MR) is 95.9 cm³/mol. The Hall–Kier alpha value is -3.07. The Balaban J connectivity index is 2.37. The molecule has 26 heavy (non-hydrogen) atoms. The summed E-state index contributed by atoms with van der Waals surface area (Å²) < 4.78 is 15.5. The predicted octanol–water partition coefficient (Wildman–Crippen LogP) is 2.05. The number of carbonyl (C=O) groups is 3. The van der Waals surface area contributed by atoms with Crippen molar-refractivity contribution in [1.82, 2.24) is 0 Å². The minimum absolute atomic E-state index is 0.0669. The van der Waals surface area contributed by atoms with E-state index in [1.165, 1.54) is 44.6 Å². The molecule has 0 fully saturated rings. The molecule has 1 aromatic carbocycles. The Kier molecular flexibility index (Phi) is 6.18. The first-order valence-electron chi connectivity index (χ1n) is 7.48. The van der Waals surface area contributed by atoms with E-state index in [-0.39, 0.29) is 28.7 Å². The number of anilines is 1. The second kappa shape index (κ2) is 8.34. The van der Waals surface area contributed by atoms with Crippen molar-refractivity contribution in [3.05, 3.63) is 40.1 Å². The molecule has 0 aliphatic carbocycles. The van der Waals surface area contributed by atoms with Crippen molar-refractivity contribution in [2.45, 2.75) is 13.0 Å². The highest BCUT2D eigenvalue weighted by Crippen LogP contribution is 2.37. The number of thiophene rings is 1. The van der Waals surface area contributed by atoms with Gasteiger partial charge in [0, 0.05) is 0 Å². The highest BCUT2D eigenvalue weighted by Gasteiger charge is 2.22. The SMILES string of the molecule is COc1cc(C(=O)O[C@H](C)C(N)=O)cc(NC(=O)c2cccs2)c1OC. The first-order chi connectivity index (χ1) is 12.4. The van der Waals surface area contributed by atoms with Crippen LogP contribution in [-0.2, 0) is 9.53 Å². The third-order valence-electron chi connectivity index (χ3n) is 3.39. The average Bonchev–Trinajstić information content (AvgIpc) is 3.15. The van der Waals surface area contributed by atoms with Crippen LogP contribution in [0, 0.1) is 0 Å². The van der Waals surface area contributed by atoms with Crippen molar-refractivity contribution < 1.29 is 28.6 Å². The maximum atomic E-state index is 12.3. The van der Waals surface area contributed by atoms with Crippen LogP contribution in [0.3, 0.4) is 0 Å². The third kappa shape index (κ3) is 4.31. The van der Waals surface area contributed by atoms with Crippen LogP contribution in [-0.4, -0.2) is 38.1 Å². The first-order valence-corrected chi connectivity index (χ1v) is 8.36. The minimum atomic E-state index is -1.10. The molecule has 2 aromatic rings. The van der Waals surface area contributed by atoms with E-state index in [9.17, 15) is 14.4 Å². The molecule has 0 bridgehead atoms. The Morgan fingerprint density at radius 2 is 1.92 bits per heavy atom. The summed E-state index contributed by atoms with van der Waals surface area (Å²) in [4.78, 5) is 36.1. The summed E-state index contributed by atoms with van der Waals surface area (Å²) in [7, 11) is 2.80. The van der Waals surface area contributed by atoms with Crippen molar-refractivity contribution in [1.29, 1.82) is 0 Å². The lowest BCUT2D eigenvalue weighted by Gasteiger charge is -2.16. The standard InChI is InChI=1S/C17H18N2O6S/c1-9(15(18)20)25-17(22)10-7-11(14(24-3)12(8-10)23-2)19-16(21)13-5-4-6-26-13/h4-9H,1-3H3,(H2,18,20)(H,19,21)/t9-/m1/s1. The van der Waals surface area contributed by atoms with Crippen LogP contribution in [0.1, 0.15) is 27.0 Å². The van der Waals surface area contributed by atoms with Gasteiger partial charge in [0.15, 0.2) is 17.6 Å². The van der Waals surface area contributed by atoms with E-state index in [1.54, 1.807) is 17.5 Å². The number of nitrogens with two attached hydrogens (primary N) is 1. The Morgan fingerprint density at radius 3 is 2.46 bits per heavy atom. The lowest BCUT2D eigenvalue weighted by Crippen LogP contribution is -2.30. The van der Waals surface area contributed by atoms with Gasteiger partial charge in [-0.2, -0.15) is 0 Å². The molecule has 1 atom stereocenters. The lowest BCUT2D eigenvalue weighted by molar-refractivity contribution is -0.125. The molecule has 1 aromatic heterocycles. The maximum absolute atomic E-state index is 12.3. The summed E-state index contributed by atoms with van der Waals surface area (Å²) in [6.45, 7) is 1.36. The van der Waals surface area contributed by atoms with E-state index in [2.05, 4.69) is 5.32 Å². The number of amides is 2. The van der Waals surface area contributed by atoms with E-state index in [4.69, 9.17) is 19.9 Å². The fraction of sp³-hybridized carbons (Fsp3) is 0.235. The monoisotopic (exact) mass is 378 g/mol. The number of esters is 1. The van der Waals surface area contributed by atoms with Crippen LogP contribution in [0.25, 0.3) is 0 Å². The van der Waals surface area contributed by atoms with E-state index in [0.717, 1.165) is 0 Å². The Bertz CT molecular complexity index is 819. The number of nitrogens with one attached hydrogen (secondary N) is 1. The second-order valence-corrected chi connectivity index (χ2v) is 6.09. The zero-order valence-corrected chi connectivity index (χ0v) is 15.2. The highest BCUT2D eigenvalue weighted by molar-refractivity contribution is 7.12. The minimum Gasteiger partial charge on any atom is -0.493 e. The summed E-state index contributed by atoms with van der Waals surface area (Å²) >= 11 is 1.27. The van der Waals surface area contributed by atoms with Crippen molar-refractivity contribution >= 4 is 34.8 Å². The van der Waals surface area contributed by atoms with Gasteiger partial charge in [-0.1, -0.05) is 6.07 Å². The third-order valence-corrected chi connectivity index (χ3v) is 4.26. The number of rotatable bonds is 7. The molecular weight excluding hydrogens is 360 g/mol. The smallest absolute Gasteiger partial charge is 0.339 e. The van der Waals surface area contributed by atoms with Crippen molar-refractivity contribution in [3.63, 3.8) is 0 Å². The molecular formula is C17H18N2O6S. The molecule has 8 nitrogen and oxygen atoms in total. The molecule has 9 heteroatoms. The van der Waals surface area contributed by atoms with E-state index in [1.807, 2.05) is 0 Å². The zero-order chi connectivity index (χ0) is 19.3. The summed E-state index contributed by atoms with van der Waals surface area (Å²) in [6, 6.07) is 6.17. The molecule has 138 valence electrons. The van der Waals surface area contributed by atoms with Crippen molar-refractivity contribution in [2.24, 2.45) is 5.73 Å². The molecule has 2 amide bonds. The molecule has 1 heterocycles. The van der Waals surface area contributed by atoms with Crippen LogP contribution in [0.2, 0.25) is 0 Å². The molecule has 0 saturated carbocycles. The topological polar surface area (TPSA) is 117 Å². The van der Waals surface area contributed by atoms with Gasteiger partial charge in [0.2, 0.25) is 0 Å². The number of carbonyl (C=O) groups excluding carboxylic acids is 3. The molecule has 0 unspecified atom stereocenters. The molecule has 0 spiro atoms. The molecule has 2 rings (SSSR count). The van der Waals surface area contributed by atoms with Gasteiger partial charge in [-0.05, 0) is 30.5 Å². The van der Waals surface area contributed by atoms with Gasteiger partial charge in [-0.25, -0.2) is 4.79 Å². The van der Waals surface area contributed by atoms with Crippen LogP contribution >= 0.6 is 11.3 Å². The molecule has 0 radical (unpaired) electrons. The van der Waals surface area contributed by atoms with Crippen molar-refractivity contribution in [3.8, 4) is 11.5 Å². The molecule has 3 N–H and O–H groups in total. The Morgan fingerprint density at radius 1 is 1.19 bits per heavy atom. The fourth-order valence-corrected chi connectivity index (χ4v) is 2.67. The van der Waals surface area contributed by atoms with Crippen molar-refractivity contribution in [2.75, 3.05) is 19.5 Å². The summed E-state index contributed by atoms with van der Waals surface area (Å²) in [6.07, 6.45) is -1.10. The Labute approximate surface area is 153 Å². The molecule has 0 saturated heterocycles. The number of ether oxygens (including phenoxy) is 3. The van der Waals surface area contributed by atoms with Gasteiger partial charge in [-0.3, -0.25) is 9.59 Å². The number of hydrogen-bond acceptors (Lipinski definition) is 7. The quantitative estimate of drug-likeness (QED) is 0.712. The molecule has 0 aliphatic heterocycles. The van der Waals surface area contributed by atoms with Crippen LogP contribution < -0.4 is 20.5 Å². The summed E-state index contributed by atoms with van der Waals surface area (Å²) in [5.74, 6) is -1.46. The summed E-state index contributed by atoms with van der Waals surface area (Å²) in [5, 5.41) is 4.45. The van der Waals surface area contributed by atoms with Gasteiger partial charge in [0.25, 0.3) is 11.8 Å². The number of benzene rings is 1. The maximum Gasteiger partial charge on any atom is 0.339 e. The van der Waals surface area contributed by atoms with E-state index >= 15 is 0 Å².